The zero-order valence-electron chi connectivity index (χ0n) is 24.2. The van der Waals surface area contributed by atoms with E-state index in [1.54, 1.807) is 0 Å². The number of carbonyl (C=O) groups is 2. The van der Waals surface area contributed by atoms with Crippen molar-refractivity contribution in [1.82, 2.24) is 0 Å². The Morgan fingerprint density at radius 2 is 1.58 bits per heavy atom. The van der Waals surface area contributed by atoms with Gasteiger partial charge in [0.25, 0.3) is 5.79 Å². The zero-order valence-corrected chi connectivity index (χ0v) is 24.2. The molecule has 0 radical (unpaired) electrons. The lowest BCUT2D eigenvalue weighted by Gasteiger charge is -2.63. The summed E-state index contributed by atoms with van der Waals surface area (Å²) in [4.78, 5) is 25.5. The van der Waals surface area contributed by atoms with Crippen molar-refractivity contribution in [2.45, 2.75) is 105 Å². The Labute approximate surface area is 229 Å². The first-order valence-corrected chi connectivity index (χ1v) is 15.2. The SMILES string of the molecule is CC=CC(C1C[C@@H]2[C@@H](CCC3CCCC[C@@]32C)[C@@H]2CCC[C@@]12C)C(OC(C)=O)(OC(C)=O)c1ccccc1. The molecule has 0 bridgehead atoms. The minimum absolute atomic E-state index is 0.115. The number of benzene rings is 1. The molecule has 0 N–H and O–H groups in total. The van der Waals surface area contributed by atoms with E-state index in [-0.39, 0.29) is 17.3 Å². The maximum atomic E-state index is 12.7. The first kappa shape index (κ1) is 27.5. The summed E-state index contributed by atoms with van der Waals surface area (Å²) in [6.45, 7) is 10.0. The fourth-order valence-corrected chi connectivity index (χ4v) is 10.2. The van der Waals surface area contributed by atoms with Crippen LogP contribution in [-0.4, -0.2) is 11.9 Å². The lowest BCUT2D eigenvalue weighted by atomic mass is 9.42. The molecule has 1 aromatic carbocycles. The highest BCUT2D eigenvalue weighted by atomic mass is 16.7. The maximum absolute atomic E-state index is 12.7. The molecule has 0 amide bonds. The van der Waals surface area contributed by atoms with Gasteiger partial charge in [0.15, 0.2) is 0 Å². The lowest BCUT2D eigenvalue weighted by molar-refractivity contribution is -0.265. The van der Waals surface area contributed by atoms with Crippen LogP contribution in [0.5, 0.6) is 0 Å². The second kappa shape index (κ2) is 10.5. The van der Waals surface area contributed by atoms with E-state index < -0.39 is 17.7 Å². The summed E-state index contributed by atoms with van der Waals surface area (Å²) in [7, 11) is 0. The Bertz CT molecular complexity index is 1030. The van der Waals surface area contributed by atoms with Gasteiger partial charge in [0.2, 0.25) is 0 Å². The highest BCUT2D eigenvalue weighted by Crippen LogP contribution is 2.70. The molecular formula is C34H48O4. The molecule has 4 saturated carbocycles. The Morgan fingerprint density at radius 1 is 0.895 bits per heavy atom. The molecule has 0 heterocycles. The Kier molecular flexibility index (Phi) is 7.57. The molecule has 4 fully saturated rings. The number of ether oxygens (including phenoxy) is 2. The molecule has 0 aromatic heterocycles. The number of hydrogen-bond acceptors (Lipinski definition) is 4. The molecular weight excluding hydrogens is 472 g/mol. The standard InChI is InChI=1S/C34H48O4/c1-6-13-29(34(37-23(2)35,38-24(3)36)26-15-8-7-9-16-26)31-22-30-27(28-17-12-21-33(28,31)5)19-18-25-14-10-11-20-32(25,30)4/h6-9,13,15-16,25,27-31H,10-12,14,17-22H2,1-5H3/t25?,27-,28-,29?,30+,31?,32-,33+/m0/s1. The van der Waals surface area contributed by atoms with Crippen molar-refractivity contribution in [3.63, 3.8) is 0 Å². The summed E-state index contributed by atoms with van der Waals surface area (Å²) in [5.74, 6) is 0.571. The highest BCUT2D eigenvalue weighted by Gasteiger charge is 2.64. The van der Waals surface area contributed by atoms with Gasteiger partial charge >= 0.3 is 11.9 Å². The third kappa shape index (κ3) is 4.44. The third-order valence-corrected chi connectivity index (χ3v) is 11.7. The molecule has 4 aliphatic rings. The van der Waals surface area contributed by atoms with Gasteiger partial charge < -0.3 is 9.47 Å². The number of fused-ring (bicyclic) bond motifs is 5. The molecule has 208 valence electrons. The molecule has 1 aromatic rings. The van der Waals surface area contributed by atoms with Gasteiger partial charge in [-0.05, 0) is 92.3 Å². The van der Waals surface area contributed by atoms with E-state index in [0.29, 0.717) is 17.3 Å². The van der Waals surface area contributed by atoms with E-state index in [1.165, 1.54) is 71.6 Å². The van der Waals surface area contributed by atoms with Crippen LogP contribution in [0.25, 0.3) is 0 Å². The van der Waals surface area contributed by atoms with Gasteiger partial charge in [-0.2, -0.15) is 0 Å². The molecule has 5 rings (SSSR count). The van der Waals surface area contributed by atoms with Crippen molar-refractivity contribution in [2.24, 2.45) is 46.3 Å². The van der Waals surface area contributed by atoms with Crippen molar-refractivity contribution >= 4 is 11.9 Å². The van der Waals surface area contributed by atoms with Gasteiger partial charge in [-0.1, -0.05) is 75.6 Å². The van der Waals surface area contributed by atoms with Crippen LogP contribution in [0.2, 0.25) is 0 Å². The maximum Gasteiger partial charge on any atom is 0.306 e. The number of esters is 2. The quantitative estimate of drug-likeness (QED) is 0.215. The zero-order chi connectivity index (χ0) is 27.1. The summed E-state index contributed by atoms with van der Waals surface area (Å²) in [5, 5.41) is 0. The highest BCUT2D eigenvalue weighted by molar-refractivity contribution is 5.69. The van der Waals surface area contributed by atoms with Crippen LogP contribution in [0.1, 0.15) is 104 Å². The number of carbonyl (C=O) groups excluding carboxylic acids is 2. The van der Waals surface area contributed by atoms with E-state index in [4.69, 9.17) is 9.47 Å². The first-order valence-electron chi connectivity index (χ1n) is 15.2. The lowest BCUT2D eigenvalue weighted by Crippen LogP contribution is -2.58. The smallest absolute Gasteiger partial charge is 0.306 e. The predicted molar refractivity (Wildman–Crippen MR) is 150 cm³/mol. The second-order valence-corrected chi connectivity index (χ2v) is 13.4. The summed E-state index contributed by atoms with van der Waals surface area (Å²) >= 11 is 0. The molecule has 0 spiro atoms. The fraction of sp³-hybridized carbons (Fsp3) is 0.706. The van der Waals surface area contributed by atoms with Crippen LogP contribution in [0.4, 0.5) is 0 Å². The third-order valence-electron chi connectivity index (χ3n) is 11.7. The average molecular weight is 521 g/mol. The van der Waals surface area contributed by atoms with E-state index >= 15 is 0 Å². The van der Waals surface area contributed by atoms with Crippen molar-refractivity contribution in [3.05, 3.63) is 48.0 Å². The van der Waals surface area contributed by atoms with Crippen molar-refractivity contribution in [1.29, 1.82) is 0 Å². The van der Waals surface area contributed by atoms with Crippen LogP contribution in [0.15, 0.2) is 42.5 Å². The summed E-state index contributed by atoms with van der Waals surface area (Å²) in [6.07, 6.45) is 17.3. The molecule has 8 atom stereocenters. The first-order chi connectivity index (χ1) is 18.2. The Balaban J connectivity index is 1.67. The van der Waals surface area contributed by atoms with Crippen molar-refractivity contribution in [3.8, 4) is 0 Å². The minimum Gasteiger partial charge on any atom is -0.417 e. The van der Waals surface area contributed by atoms with Crippen LogP contribution >= 0.6 is 0 Å². The van der Waals surface area contributed by atoms with Crippen LogP contribution in [-0.2, 0) is 24.8 Å². The minimum atomic E-state index is -1.49. The summed E-state index contributed by atoms with van der Waals surface area (Å²) < 4.78 is 12.5. The van der Waals surface area contributed by atoms with Gasteiger partial charge in [0.05, 0.1) is 5.92 Å². The van der Waals surface area contributed by atoms with E-state index in [2.05, 4.69) is 26.0 Å². The normalized spacial score (nSPS) is 37.6. The van der Waals surface area contributed by atoms with Crippen LogP contribution < -0.4 is 0 Å². The van der Waals surface area contributed by atoms with E-state index in [0.717, 1.165) is 23.8 Å². The fourth-order valence-electron chi connectivity index (χ4n) is 10.2. The van der Waals surface area contributed by atoms with Gasteiger partial charge in [-0.3, -0.25) is 9.59 Å². The Hall–Kier alpha value is -2.10. The average Bonchev–Trinajstić information content (AvgIpc) is 3.29. The number of rotatable bonds is 6. The molecule has 4 heteroatoms. The molecule has 0 saturated heterocycles. The predicted octanol–water partition coefficient (Wildman–Crippen LogP) is 8.21. The monoisotopic (exact) mass is 520 g/mol. The molecule has 38 heavy (non-hydrogen) atoms. The van der Waals surface area contributed by atoms with Crippen LogP contribution in [0.3, 0.4) is 0 Å². The van der Waals surface area contributed by atoms with Crippen molar-refractivity contribution < 1.29 is 19.1 Å². The second-order valence-electron chi connectivity index (χ2n) is 13.4. The van der Waals surface area contributed by atoms with Gasteiger partial charge in [-0.25, -0.2) is 0 Å². The molecule has 0 aliphatic heterocycles. The van der Waals surface area contributed by atoms with Crippen molar-refractivity contribution in [2.75, 3.05) is 0 Å². The van der Waals surface area contributed by atoms with Gasteiger partial charge in [0.1, 0.15) is 0 Å². The molecule has 4 nitrogen and oxygen atoms in total. The molecule has 3 unspecified atom stereocenters. The number of hydrogen-bond donors (Lipinski definition) is 0. The van der Waals surface area contributed by atoms with E-state index in [1.807, 2.05) is 37.3 Å². The summed E-state index contributed by atoms with van der Waals surface area (Å²) in [5.41, 5.74) is 1.23. The van der Waals surface area contributed by atoms with Gasteiger partial charge in [0, 0.05) is 19.4 Å². The molecule has 4 aliphatic carbocycles. The summed E-state index contributed by atoms with van der Waals surface area (Å²) in [6, 6.07) is 9.72. The topological polar surface area (TPSA) is 52.6 Å². The van der Waals surface area contributed by atoms with Crippen LogP contribution in [0, 0.1) is 46.3 Å². The van der Waals surface area contributed by atoms with Gasteiger partial charge in [-0.15, -0.1) is 0 Å². The largest absolute Gasteiger partial charge is 0.417 e. The Morgan fingerprint density at radius 3 is 2.24 bits per heavy atom. The van der Waals surface area contributed by atoms with E-state index in [9.17, 15) is 9.59 Å². The number of allylic oxidation sites excluding steroid dienone is 1.